The van der Waals surface area contributed by atoms with E-state index in [0.29, 0.717) is 31.5 Å². The van der Waals surface area contributed by atoms with Crippen molar-refractivity contribution in [2.75, 3.05) is 19.6 Å². The lowest BCUT2D eigenvalue weighted by molar-refractivity contribution is -0.121. The third-order valence-electron chi connectivity index (χ3n) is 5.43. The molecular weight excluding hydrogens is 385 g/mol. The Labute approximate surface area is 175 Å². The Morgan fingerprint density at radius 1 is 1.03 bits per heavy atom. The molecule has 0 spiro atoms. The number of amides is 3. The maximum Gasteiger partial charge on any atom is 0.256 e. The minimum Gasteiger partial charge on any atom is -0.352 e. The molecule has 2 N–H and O–H groups in total. The van der Waals surface area contributed by atoms with Crippen molar-refractivity contribution in [2.24, 2.45) is 0 Å². The predicted molar refractivity (Wildman–Crippen MR) is 112 cm³/mol. The molecule has 1 aliphatic rings. The van der Waals surface area contributed by atoms with Crippen molar-refractivity contribution in [3.8, 4) is 0 Å². The van der Waals surface area contributed by atoms with E-state index < -0.39 is 5.82 Å². The third-order valence-corrected chi connectivity index (χ3v) is 5.43. The van der Waals surface area contributed by atoms with Crippen molar-refractivity contribution in [2.45, 2.75) is 32.7 Å². The predicted octanol–water partition coefficient (Wildman–Crippen LogP) is 2.59. The van der Waals surface area contributed by atoms with Gasteiger partial charge >= 0.3 is 0 Å². The molecule has 1 saturated heterocycles. The number of benzene rings is 2. The van der Waals surface area contributed by atoms with Gasteiger partial charge in [0.1, 0.15) is 5.82 Å². The minimum absolute atomic E-state index is 0.0639. The van der Waals surface area contributed by atoms with Gasteiger partial charge in [-0.25, -0.2) is 4.39 Å². The average Bonchev–Trinajstić information content (AvgIpc) is 2.74. The Kier molecular flexibility index (Phi) is 6.82. The van der Waals surface area contributed by atoms with Crippen LogP contribution in [0.5, 0.6) is 0 Å². The Morgan fingerprint density at radius 2 is 1.73 bits per heavy atom. The van der Waals surface area contributed by atoms with Crippen LogP contribution in [0.3, 0.4) is 0 Å². The van der Waals surface area contributed by atoms with E-state index in [0.717, 1.165) is 11.1 Å². The lowest BCUT2D eigenvalue weighted by Crippen LogP contribution is -2.48. The number of rotatable bonds is 5. The van der Waals surface area contributed by atoms with Gasteiger partial charge in [-0.2, -0.15) is 0 Å². The van der Waals surface area contributed by atoms with Crippen LogP contribution in [0.15, 0.2) is 42.5 Å². The van der Waals surface area contributed by atoms with E-state index in [9.17, 15) is 18.8 Å². The van der Waals surface area contributed by atoms with Crippen LogP contribution in [-0.4, -0.2) is 48.3 Å². The summed E-state index contributed by atoms with van der Waals surface area (Å²) in [7, 11) is 0. The van der Waals surface area contributed by atoms with E-state index >= 15 is 0 Å². The highest BCUT2D eigenvalue weighted by Crippen LogP contribution is 2.16. The van der Waals surface area contributed by atoms with Crippen molar-refractivity contribution in [1.82, 2.24) is 15.5 Å². The van der Waals surface area contributed by atoms with E-state index in [2.05, 4.69) is 10.6 Å². The fourth-order valence-corrected chi connectivity index (χ4v) is 3.46. The molecule has 0 saturated carbocycles. The van der Waals surface area contributed by atoms with E-state index in [-0.39, 0.29) is 35.9 Å². The molecule has 6 nitrogen and oxygen atoms in total. The molecule has 0 unspecified atom stereocenters. The number of hydrogen-bond acceptors (Lipinski definition) is 3. The molecule has 0 bridgehead atoms. The molecule has 158 valence electrons. The van der Waals surface area contributed by atoms with Gasteiger partial charge in [-0.3, -0.25) is 14.4 Å². The van der Waals surface area contributed by atoms with Crippen LogP contribution in [0.2, 0.25) is 0 Å². The number of nitrogens with zero attached hydrogens (tertiary/aromatic N) is 1. The van der Waals surface area contributed by atoms with Crippen LogP contribution >= 0.6 is 0 Å². The molecule has 7 heteroatoms. The lowest BCUT2D eigenvalue weighted by Gasteiger charge is -2.32. The Hall–Kier alpha value is -3.22. The summed E-state index contributed by atoms with van der Waals surface area (Å²) in [6, 6.07) is 11.3. The lowest BCUT2D eigenvalue weighted by atomic mass is 10.0. The maximum absolute atomic E-state index is 13.8. The summed E-state index contributed by atoms with van der Waals surface area (Å²) in [5, 5.41) is 5.52. The first-order chi connectivity index (χ1) is 14.3. The zero-order valence-corrected chi connectivity index (χ0v) is 17.2. The van der Waals surface area contributed by atoms with Gasteiger partial charge in [-0.1, -0.05) is 18.2 Å². The first kappa shape index (κ1) is 21.5. The monoisotopic (exact) mass is 411 g/mol. The first-order valence-corrected chi connectivity index (χ1v) is 10.0. The number of piperidine rings is 1. The summed E-state index contributed by atoms with van der Waals surface area (Å²) in [6.07, 6.45) is 1.16. The average molecular weight is 411 g/mol. The fraction of sp³-hybridized carbons (Fsp3) is 0.348. The number of likely N-dealkylation sites (tertiary alicyclic amines) is 1. The van der Waals surface area contributed by atoms with Crippen LogP contribution in [-0.2, 0) is 4.79 Å². The summed E-state index contributed by atoms with van der Waals surface area (Å²) in [6.45, 7) is 4.67. The quantitative estimate of drug-likeness (QED) is 0.794. The Bertz CT molecular complexity index is 952. The van der Waals surface area contributed by atoms with Crippen LogP contribution in [0.25, 0.3) is 0 Å². The van der Waals surface area contributed by atoms with Crippen molar-refractivity contribution in [3.05, 3.63) is 70.5 Å². The largest absolute Gasteiger partial charge is 0.352 e. The van der Waals surface area contributed by atoms with E-state index in [1.165, 1.54) is 12.1 Å². The number of aryl methyl sites for hydroxylation is 2. The highest BCUT2D eigenvalue weighted by atomic mass is 19.1. The van der Waals surface area contributed by atoms with Gasteiger partial charge in [0, 0.05) is 24.7 Å². The van der Waals surface area contributed by atoms with E-state index in [4.69, 9.17) is 0 Å². The SMILES string of the molecule is Cc1ccc(C(=O)NCC(=O)NC2CCN(C(=O)c3ccccc3F)CC2)cc1C. The minimum atomic E-state index is -0.530. The highest BCUT2D eigenvalue weighted by molar-refractivity contribution is 5.96. The number of carbonyl (C=O) groups excluding carboxylic acids is 3. The summed E-state index contributed by atoms with van der Waals surface area (Å²) in [4.78, 5) is 38.5. The molecule has 2 aromatic rings. The number of halogens is 1. The summed E-state index contributed by atoms with van der Waals surface area (Å²) in [5.41, 5.74) is 2.70. The second-order valence-electron chi connectivity index (χ2n) is 7.60. The van der Waals surface area contributed by atoms with Gasteiger partial charge < -0.3 is 15.5 Å². The molecule has 0 aliphatic carbocycles. The topological polar surface area (TPSA) is 78.5 Å². The number of nitrogens with one attached hydrogen (secondary N) is 2. The zero-order chi connectivity index (χ0) is 21.7. The van der Waals surface area contributed by atoms with Gasteiger partial charge in [-0.05, 0) is 62.1 Å². The smallest absolute Gasteiger partial charge is 0.256 e. The van der Waals surface area contributed by atoms with Crippen molar-refractivity contribution in [3.63, 3.8) is 0 Å². The molecule has 0 aromatic heterocycles. The normalized spacial score (nSPS) is 14.3. The van der Waals surface area contributed by atoms with Crippen molar-refractivity contribution >= 4 is 17.7 Å². The molecule has 2 aromatic carbocycles. The maximum atomic E-state index is 13.8. The van der Waals surface area contributed by atoms with Gasteiger partial charge in [-0.15, -0.1) is 0 Å². The first-order valence-electron chi connectivity index (χ1n) is 10.0. The fourth-order valence-electron chi connectivity index (χ4n) is 3.46. The van der Waals surface area contributed by atoms with Gasteiger partial charge in [0.15, 0.2) is 0 Å². The van der Waals surface area contributed by atoms with Crippen LogP contribution in [0, 0.1) is 19.7 Å². The molecule has 3 amide bonds. The van der Waals surface area contributed by atoms with Gasteiger partial charge in [0.2, 0.25) is 5.91 Å². The second-order valence-corrected chi connectivity index (χ2v) is 7.60. The molecular formula is C23H26FN3O3. The van der Waals surface area contributed by atoms with Crippen molar-refractivity contribution in [1.29, 1.82) is 0 Å². The third kappa shape index (κ3) is 5.23. The number of carbonyl (C=O) groups is 3. The Morgan fingerprint density at radius 3 is 2.40 bits per heavy atom. The Balaban J connectivity index is 1.44. The van der Waals surface area contributed by atoms with Crippen LogP contribution in [0.1, 0.15) is 44.7 Å². The molecule has 30 heavy (non-hydrogen) atoms. The summed E-state index contributed by atoms with van der Waals surface area (Å²) >= 11 is 0. The molecule has 1 heterocycles. The molecule has 0 atom stereocenters. The van der Waals surface area contributed by atoms with Gasteiger partial charge in [0.05, 0.1) is 12.1 Å². The number of hydrogen-bond donors (Lipinski definition) is 2. The molecule has 0 radical (unpaired) electrons. The highest BCUT2D eigenvalue weighted by Gasteiger charge is 2.26. The standard InChI is InChI=1S/C23H26FN3O3/c1-15-7-8-17(13-16(15)2)22(29)25-14-21(28)26-18-9-11-27(12-10-18)23(30)19-5-3-4-6-20(19)24/h3-8,13,18H,9-12,14H2,1-2H3,(H,25,29)(H,26,28). The summed E-state index contributed by atoms with van der Waals surface area (Å²) in [5.74, 6) is -1.43. The van der Waals surface area contributed by atoms with E-state index in [1.807, 2.05) is 19.9 Å². The molecule has 1 aliphatic heterocycles. The zero-order valence-electron chi connectivity index (χ0n) is 17.2. The summed E-state index contributed by atoms with van der Waals surface area (Å²) < 4.78 is 13.8. The van der Waals surface area contributed by atoms with Crippen LogP contribution in [0.4, 0.5) is 4.39 Å². The van der Waals surface area contributed by atoms with Crippen molar-refractivity contribution < 1.29 is 18.8 Å². The van der Waals surface area contributed by atoms with E-state index in [1.54, 1.807) is 29.2 Å². The van der Waals surface area contributed by atoms with Gasteiger partial charge in [0.25, 0.3) is 11.8 Å². The molecule has 1 fully saturated rings. The van der Waals surface area contributed by atoms with Crippen LogP contribution < -0.4 is 10.6 Å². The molecule has 3 rings (SSSR count). The second kappa shape index (κ2) is 9.52.